The van der Waals surface area contributed by atoms with Crippen molar-refractivity contribution >= 4 is 51.2 Å². The minimum atomic E-state index is -0.401. The van der Waals surface area contributed by atoms with Crippen LogP contribution in [-0.2, 0) is 0 Å². The van der Waals surface area contributed by atoms with Crippen molar-refractivity contribution in [3.8, 4) is 0 Å². The number of carbonyl (C=O) groups excluding carboxylic acids is 2. The summed E-state index contributed by atoms with van der Waals surface area (Å²) < 4.78 is 0.810. The molecule has 0 aromatic heterocycles. The van der Waals surface area contributed by atoms with E-state index >= 15 is 0 Å². The third kappa shape index (κ3) is 5.28. The van der Waals surface area contributed by atoms with Crippen LogP contribution in [0.4, 0.5) is 5.69 Å². The van der Waals surface area contributed by atoms with E-state index in [-0.39, 0.29) is 5.91 Å². The molecule has 2 N–H and O–H groups in total. The second-order valence-corrected chi connectivity index (χ2v) is 7.09. The van der Waals surface area contributed by atoms with Crippen molar-refractivity contribution in [2.45, 2.75) is 0 Å². The first-order chi connectivity index (χ1) is 13.5. The zero-order chi connectivity index (χ0) is 19.9. The molecule has 3 aromatic rings. The van der Waals surface area contributed by atoms with E-state index in [1.165, 1.54) is 6.21 Å². The van der Waals surface area contributed by atoms with E-state index in [0.717, 1.165) is 4.47 Å². The Bertz CT molecular complexity index is 1050. The van der Waals surface area contributed by atoms with Crippen LogP contribution in [0.5, 0.6) is 0 Å². The van der Waals surface area contributed by atoms with Crippen molar-refractivity contribution in [2.75, 3.05) is 5.32 Å². The number of nitrogens with one attached hydrogen (secondary N) is 2. The molecule has 0 saturated heterocycles. The standard InChI is InChI=1S/C21H15BrClN3O2/c22-17-8-3-6-14(11-17)20(27)25-18-9-4-7-15(12-18)21(28)26-24-13-16-5-1-2-10-19(16)23/h1-13H,(H,25,27)(H,26,28)/b24-13-. The fourth-order valence-corrected chi connectivity index (χ4v) is 2.96. The van der Waals surface area contributed by atoms with Gasteiger partial charge < -0.3 is 5.32 Å². The number of hydrogen-bond donors (Lipinski definition) is 2. The van der Waals surface area contributed by atoms with Gasteiger partial charge in [0.15, 0.2) is 0 Å². The molecular formula is C21H15BrClN3O2. The number of anilines is 1. The molecular weight excluding hydrogens is 442 g/mol. The third-order valence-corrected chi connectivity index (χ3v) is 4.58. The van der Waals surface area contributed by atoms with Crippen LogP contribution >= 0.6 is 27.5 Å². The van der Waals surface area contributed by atoms with Crippen LogP contribution in [0.3, 0.4) is 0 Å². The molecule has 0 aliphatic rings. The zero-order valence-corrected chi connectivity index (χ0v) is 16.9. The highest BCUT2D eigenvalue weighted by Gasteiger charge is 2.09. The molecule has 5 nitrogen and oxygen atoms in total. The summed E-state index contributed by atoms with van der Waals surface area (Å²) in [5, 5.41) is 7.24. The molecule has 2 amide bonds. The fraction of sp³-hybridized carbons (Fsp3) is 0. The Morgan fingerprint density at radius 2 is 1.61 bits per heavy atom. The van der Waals surface area contributed by atoms with Crippen LogP contribution in [0.25, 0.3) is 0 Å². The quantitative estimate of drug-likeness (QED) is 0.413. The van der Waals surface area contributed by atoms with Gasteiger partial charge in [0.2, 0.25) is 0 Å². The van der Waals surface area contributed by atoms with Gasteiger partial charge in [0, 0.05) is 31.9 Å². The Morgan fingerprint density at radius 1 is 0.893 bits per heavy atom. The molecule has 0 atom stereocenters. The third-order valence-electron chi connectivity index (χ3n) is 3.74. The molecule has 0 radical (unpaired) electrons. The van der Waals surface area contributed by atoms with Crippen molar-refractivity contribution in [3.05, 3.63) is 99.0 Å². The topological polar surface area (TPSA) is 70.6 Å². The van der Waals surface area contributed by atoms with E-state index in [0.29, 0.717) is 27.4 Å². The molecule has 0 aliphatic heterocycles. The molecule has 0 bridgehead atoms. The van der Waals surface area contributed by atoms with Crippen molar-refractivity contribution in [1.29, 1.82) is 0 Å². The summed E-state index contributed by atoms with van der Waals surface area (Å²) in [4.78, 5) is 24.6. The van der Waals surface area contributed by atoms with Gasteiger partial charge in [0.1, 0.15) is 0 Å². The van der Waals surface area contributed by atoms with Crippen LogP contribution in [0.15, 0.2) is 82.4 Å². The molecule has 28 heavy (non-hydrogen) atoms. The van der Waals surface area contributed by atoms with Crippen LogP contribution in [-0.4, -0.2) is 18.0 Å². The summed E-state index contributed by atoms with van der Waals surface area (Å²) in [5.41, 5.74) is 4.52. The maximum absolute atomic E-state index is 12.3. The number of amides is 2. The number of hydrogen-bond acceptors (Lipinski definition) is 3. The van der Waals surface area contributed by atoms with Crippen LogP contribution in [0, 0.1) is 0 Å². The maximum atomic E-state index is 12.3. The summed E-state index contributed by atoms with van der Waals surface area (Å²) >= 11 is 9.38. The van der Waals surface area contributed by atoms with Crippen molar-refractivity contribution < 1.29 is 9.59 Å². The van der Waals surface area contributed by atoms with Gasteiger partial charge in [0.05, 0.1) is 6.21 Å². The van der Waals surface area contributed by atoms with E-state index < -0.39 is 5.91 Å². The monoisotopic (exact) mass is 455 g/mol. The first-order valence-electron chi connectivity index (χ1n) is 8.28. The Balaban J connectivity index is 1.66. The van der Waals surface area contributed by atoms with Crippen molar-refractivity contribution in [3.63, 3.8) is 0 Å². The Morgan fingerprint density at radius 3 is 2.36 bits per heavy atom. The van der Waals surface area contributed by atoms with E-state index in [1.807, 2.05) is 18.2 Å². The van der Waals surface area contributed by atoms with Gasteiger partial charge in [-0.3, -0.25) is 9.59 Å². The average Bonchev–Trinajstić information content (AvgIpc) is 2.69. The highest BCUT2D eigenvalue weighted by Crippen LogP contribution is 2.16. The summed E-state index contributed by atoms with van der Waals surface area (Å²) in [6, 6.07) is 20.8. The highest BCUT2D eigenvalue weighted by atomic mass is 79.9. The normalized spacial score (nSPS) is 10.6. The lowest BCUT2D eigenvalue weighted by Gasteiger charge is -2.07. The Hall–Kier alpha value is -2.96. The van der Waals surface area contributed by atoms with Crippen LogP contribution in [0.1, 0.15) is 26.3 Å². The van der Waals surface area contributed by atoms with Gasteiger partial charge in [-0.15, -0.1) is 0 Å². The fourth-order valence-electron chi connectivity index (χ4n) is 2.38. The summed E-state index contributed by atoms with van der Waals surface area (Å²) in [7, 11) is 0. The highest BCUT2D eigenvalue weighted by molar-refractivity contribution is 9.10. The van der Waals surface area contributed by atoms with Crippen LogP contribution in [0.2, 0.25) is 5.02 Å². The number of halogens is 2. The lowest BCUT2D eigenvalue weighted by molar-refractivity contribution is 0.0953. The first kappa shape index (κ1) is 19.8. The smallest absolute Gasteiger partial charge is 0.271 e. The lowest BCUT2D eigenvalue weighted by atomic mass is 10.1. The number of hydrazone groups is 1. The number of carbonyl (C=O) groups is 2. The maximum Gasteiger partial charge on any atom is 0.271 e. The molecule has 0 saturated carbocycles. The minimum Gasteiger partial charge on any atom is -0.322 e. The Labute approximate surface area is 175 Å². The van der Waals surface area contributed by atoms with Crippen LogP contribution < -0.4 is 10.7 Å². The molecule has 0 heterocycles. The summed E-state index contributed by atoms with van der Waals surface area (Å²) in [6.45, 7) is 0. The second-order valence-electron chi connectivity index (χ2n) is 5.77. The van der Waals surface area contributed by atoms with Gasteiger partial charge >= 0.3 is 0 Å². The predicted molar refractivity (Wildman–Crippen MR) is 115 cm³/mol. The predicted octanol–water partition coefficient (Wildman–Crippen LogP) is 5.12. The zero-order valence-electron chi connectivity index (χ0n) is 14.5. The molecule has 3 rings (SSSR count). The summed E-state index contributed by atoms with van der Waals surface area (Å²) in [6.07, 6.45) is 1.47. The first-order valence-corrected chi connectivity index (χ1v) is 9.45. The molecule has 140 valence electrons. The number of nitrogens with zero attached hydrogens (tertiary/aromatic N) is 1. The molecule has 3 aromatic carbocycles. The Kier molecular flexibility index (Phi) is 6.57. The van der Waals surface area contributed by atoms with E-state index in [4.69, 9.17) is 11.6 Å². The molecule has 7 heteroatoms. The number of rotatable bonds is 5. The SMILES string of the molecule is O=C(N/N=C\c1ccccc1Cl)c1cccc(NC(=O)c2cccc(Br)c2)c1. The van der Waals surface area contributed by atoms with E-state index in [1.54, 1.807) is 54.6 Å². The largest absolute Gasteiger partial charge is 0.322 e. The van der Waals surface area contributed by atoms with Gasteiger partial charge in [0.25, 0.3) is 11.8 Å². The number of benzene rings is 3. The second kappa shape index (κ2) is 9.30. The van der Waals surface area contributed by atoms with E-state index in [2.05, 4.69) is 31.8 Å². The average molecular weight is 457 g/mol. The minimum absolute atomic E-state index is 0.268. The van der Waals surface area contributed by atoms with Gasteiger partial charge in [-0.05, 0) is 42.5 Å². The molecule has 0 fully saturated rings. The van der Waals surface area contributed by atoms with Gasteiger partial charge in [-0.2, -0.15) is 5.10 Å². The molecule has 0 aliphatic carbocycles. The van der Waals surface area contributed by atoms with Crippen molar-refractivity contribution in [1.82, 2.24) is 5.43 Å². The van der Waals surface area contributed by atoms with Crippen molar-refractivity contribution in [2.24, 2.45) is 5.10 Å². The van der Waals surface area contributed by atoms with Gasteiger partial charge in [-0.1, -0.05) is 57.9 Å². The van der Waals surface area contributed by atoms with Gasteiger partial charge in [-0.25, -0.2) is 5.43 Å². The molecule has 0 unspecified atom stereocenters. The molecule has 0 spiro atoms. The summed E-state index contributed by atoms with van der Waals surface area (Å²) in [5.74, 6) is -0.669. The lowest BCUT2D eigenvalue weighted by Crippen LogP contribution is -2.18. The van der Waals surface area contributed by atoms with E-state index in [9.17, 15) is 9.59 Å².